The highest BCUT2D eigenvalue weighted by Gasteiger charge is 2.11. The van der Waals surface area contributed by atoms with Gasteiger partial charge < -0.3 is 15.1 Å². The fourth-order valence-corrected chi connectivity index (χ4v) is 1.75. The summed E-state index contributed by atoms with van der Waals surface area (Å²) in [4.78, 5) is 17.3. The second-order valence-electron chi connectivity index (χ2n) is 4.22. The lowest BCUT2D eigenvalue weighted by molar-refractivity contribution is 0.0696. The van der Waals surface area contributed by atoms with Crippen LogP contribution < -0.4 is 4.90 Å². The molecule has 0 bridgehead atoms. The fraction of sp³-hybridized carbons (Fsp3) is 0.538. The maximum atomic E-state index is 11.0. The number of carbonyl (C=O) groups is 1. The van der Waals surface area contributed by atoms with Gasteiger partial charge in [-0.2, -0.15) is 0 Å². The minimum atomic E-state index is -0.957. The highest BCUT2D eigenvalue weighted by atomic mass is 16.4. The number of aliphatic hydroxyl groups excluding tert-OH is 1. The number of aryl methyl sites for hydroxylation is 1. The molecule has 0 aromatic carbocycles. The summed E-state index contributed by atoms with van der Waals surface area (Å²) in [5.74, 6) is -0.337. The first-order valence-electron chi connectivity index (χ1n) is 6.16. The molecule has 1 heterocycles. The largest absolute Gasteiger partial charge is 0.478 e. The van der Waals surface area contributed by atoms with E-state index in [2.05, 4.69) is 11.9 Å². The van der Waals surface area contributed by atoms with E-state index in [4.69, 9.17) is 10.2 Å². The Morgan fingerprint density at radius 3 is 2.67 bits per heavy atom. The summed E-state index contributed by atoms with van der Waals surface area (Å²) in [6.45, 7) is 5.13. The molecule has 0 aliphatic heterocycles. The molecule has 0 spiro atoms. The van der Waals surface area contributed by atoms with E-state index in [0.717, 1.165) is 19.4 Å². The fourth-order valence-electron chi connectivity index (χ4n) is 1.75. The number of rotatable bonds is 7. The van der Waals surface area contributed by atoms with E-state index in [1.165, 1.54) is 0 Å². The van der Waals surface area contributed by atoms with Crippen LogP contribution in [-0.4, -0.2) is 40.9 Å². The van der Waals surface area contributed by atoms with Crippen LogP contribution in [0.2, 0.25) is 0 Å². The molecular weight excluding hydrogens is 232 g/mol. The molecule has 1 aromatic rings. The van der Waals surface area contributed by atoms with E-state index in [1.54, 1.807) is 19.1 Å². The lowest BCUT2D eigenvalue weighted by Gasteiger charge is -2.23. The number of hydrogen-bond donors (Lipinski definition) is 2. The molecule has 100 valence electrons. The van der Waals surface area contributed by atoms with Crippen molar-refractivity contribution >= 4 is 11.8 Å². The minimum absolute atomic E-state index is 0.0295. The summed E-state index contributed by atoms with van der Waals surface area (Å²) in [6, 6.07) is 3.10. The van der Waals surface area contributed by atoms with E-state index in [1.807, 2.05) is 4.90 Å². The standard InChI is InChI=1S/C13H20N2O3/c1-3-4-5-15(6-7-16)12-9-11(13(17)18)8-10(2)14-12/h8-9,16H,3-7H2,1-2H3,(H,17,18). The zero-order valence-corrected chi connectivity index (χ0v) is 10.9. The number of pyridine rings is 1. The predicted molar refractivity (Wildman–Crippen MR) is 70.1 cm³/mol. The number of aromatic carboxylic acids is 1. The summed E-state index contributed by atoms with van der Waals surface area (Å²) >= 11 is 0. The van der Waals surface area contributed by atoms with Gasteiger partial charge in [-0.15, -0.1) is 0 Å². The molecule has 0 saturated carbocycles. The molecule has 5 nitrogen and oxygen atoms in total. The van der Waals surface area contributed by atoms with Crippen molar-refractivity contribution in [2.75, 3.05) is 24.6 Å². The summed E-state index contributed by atoms with van der Waals surface area (Å²) in [5, 5.41) is 18.1. The Bertz CT molecular complexity index is 407. The van der Waals surface area contributed by atoms with Gasteiger partial charge in [0, 0.05) is 18.8 Å². The van der Waals surface area contributed by atoms with E-state index >= 15 is 0 Å². The number of carboxylic acids is 1. The van der Waals surface area contributed by atoms with Gasteiger partial charge in [-0.1, -0.05) is 13.3 Å². The van der Waals surface area contributed by atoms with Crippen LogP contribution in [0.4, 0.5) is 5.82 Å². The van der Waals surface area contributed by atoms with Crippen LogP contribution in [0, 0.1) is 6.92 Å². The number of hydrogen-bond acceptors (Lipinski definition) is 4. The molecule has 0 amide bonds. The van der Waals surface area contributed by atoms with Crippen molar-refractivity contribution in [1.82, 2.24) is 4.98 Å². The number of unbranched alkanes of at least 4 members (excludes halogenated alkanes) is 1. The van der Waals surface area contributed by atoms with Crippen LogP contribution in [-0.2, 0) is 0 Å². The third-order valence-corrected chi connectivity index (χ3v) is 2.66. The van der Waals surface area contributed by atoms with Gasteiger partial charge in [-0.3, -0.25) is 0 Å². The molecule has 0 aliphatic carbocycles. The third-order valence-electron chi connectivity index (χ3n) is 2.66. The van der Waals surface area contributed by atoms with Crippen LogP contribution in [0.15, 0.2) is 12.1 Å². The van der Waals surface area contributed by atoms with Gasteiger partial charge in [0.2, 0.25) is 0 Å². The SMILES string of the molecule is CCCCN(CCO)c1cc(C(=O)O)cc(C)n1. The maximum absolute atomic E-state index is 11.0. The Hall–Kier alpha value is -1.62. The number of nitrogens with zero attached hydrogens (tertiary/aromatic N) is 2. The highest BCUT2D eigenvalue weighted by Crippen LogP contribution is 2.15. The maximum Gasteiger partial charge on any atom is 0.335 e. The van der Waals surface area contributed by atoms with Gasteiger partial charge in [0.15, 0.2) is 0 Å². The molecule has 18 heavy (non-hydrogen) atoms. The molecule has 1 rings (SSSR count). The third kappa shape index (κ3) is 4.00. The Morgan fingerprint density at radius 1 is 1.39 bits per heavy atom. The van der Waals surface area contributed by atoms with Crippen LogP contribution in [0.5, 0.6) is 0 Å². The Balaban J connectivity index is 2.98. The molecule has 0 aliphatic rings. The van der Waals surface area contributed by atoms with E-state index in [9.17, 15) is 4.79 Å². The lowest BCUT2D eigenvalue weighted by Crippen LogP contribution is -2.29. The zero-order valence-electron chi connectivity index (χ0n) is 10.9. The molecule has 0 saturated heterocycles. The monoisotopic (exact) mass is 252 g/mol. The number of anilines is 1. The van der Waals surface area contributed by atoms with E-state index < -0.39 is 5.97 Å². The van der Waals surface area contributed by atoms with Crippen molar-refractivity contribution in [3.8, 4) is 0 Å². The van der Waals surface area contributed by atoms with Crippen LogP contribution in [0.1, 0.15) is 35.8 Å². The molecule has 0 unspecified atom stereocenters. The first-order valence-corrected chi connectivity index (χ1v) is 6.16. The van der Waals surface area contributed by atoms with Gasteiger partial charge >= 0.3 is 5.97 Å². The van der Waals surface area contributed by atoms with Crippen molar-refractivity contribution in [2.24, 2.45) is 0 Å². The highest BCUT2D eigenvalue weighted by molar-refractivity contribution is 5.88. The number of carboxylic acid groups (broad SMARTS) is 1. The van der Waals surface area contributed by atoms with Crippen molar-refractivity contribution in [1.29, 1.82) is 0 Å². The first kappa shape index (κ1) is 14.4. The van der Waals surface area contributed by atoms with Gasteiger partial charge in [0.05, 0.1) is 12.2 Å². The second-order valence-corrected chi connectivity index (χ2v) is 4.22. The van der Waals surface area contributed by atoms with Crippen LogP contribution in [0.25, 0.3) is 0 Å². The van der Waals surface area contributed by atoms with Gasteiger partial charge in [0.1, 0.15) is 5.82 Å². The molecule has 2 N–H and O–H groups in total. The smallest absolute Gasteiger partial charge is 0.335 e. The summed E-state index contributed by atoms with van der Waals surface area (Å²) in [6.07, 6.45) is 2.03. The Labute approximate surface area is 107 Å². The first-order chi connectivity index (χ1) is 8.58. The van der Waals surface area contributed by atoms with Gasteiger partial charge in [-0.25, -0.2) is 9.78 Å². The Morgan fingerprint density at radius 2 is 2.11 bits per heavy atom. The lowest BCUT2D eigenvalue weighted by atomic mass is 10.2. The summed E-state index contributed by atoms with van der Waals surface area (Å²) in [5.41, 5.74) is 0.904. The second kappa shape index (κ2) is 6.96. The average Bonchev–Trinajstić information content (AvgIpc) is 2.33. The van der Waals surface area contributed by atoms with Crippen molar-refractivity contribution < 1.29 is 15.0 Å². The summed E-state index contributed by atoms with van der Waals surface area (Å²) in [7, 11) is 0. The average molecular weight is 252 g/mol. The molecular formula is C13H20N2O3. The van der Waals surface area contributed by atoms with E-state index in [0.29, 0.717) is 18.1 Å². The summed E-state index contributed by atoms with van der Waals surface area (Å²) < 4.78 is 0. The zero-order chi connectivity index (χ0) is 13.5. The quantitative estimate of drug-likeness (QED) is 0.772. The van der Waals surface area contributed by atoms with E-state index in [-0.39, 0.29) is 12.2 Å². The van der Waals surface area contributed by atoms with Crippen molar-refractivity contribution in [3.05, 3.63) is 23.4 Å². The number of aromatic nitrogens is 1. The predicted octanol–water partition coefficient (Wildman–Crippen LogP) is 1.69. The van der Waals surface area contributed by atoms with Crippen molar-refractivity contribution in [2.45, 2.75) is 26.7 Å². The van der Waals surface area contributed by atoms with Crippen LogP contribution in [0.3, 0.4) is 0 Å². The van der Waals surface area contributed by atoms with Crippen LogP contribution >= 0.6 is 0 Å². The molecule has 0 fully saturated rings. The van der Waals surface area contributed by atoms with Gasteiger partial charge in [-0.05, 0) is 25.5 Å². The van der Waals surface area contributed by atoms with Crippen molar-refractivity contribution in [3.63, 3.8) is 0 Å². The topological polar surface area (TPSA) is 73.7 Å². The number of aliphatic hydroxyl groups is 1. The molecule has 0 radical (unpaired) electrons. The molecule has 5 heteroatoms. The molecule has 0 atom stereocenters. The Kier molecular flexibility index (Phi) is 5.58. The molecule has 1 aromatic heterocycles. The minimum Gasteiger partial charge on any atom is -0.478 e. The normalized spacial score (nSPS) is 10.4. The van der Waals surface area contributed by atoms with Gasteiger partial charge in [0.25, 0.3) is 0 Å².